The third-order valence-corrected chi connectivity index (χ3v) is 10.2. The van der Waals surface area contributed by atoms with Gasteiger partial charge in [0.2, 0.25) is 11.8 Å². The second-order valence-corrected chi connectivity index (χ2v) is 12.4. The summed E-state index contributed by atoms with van der Waals surface area (Å²) in [4.78, 5) is 57.7. The average molecular weight is 606 g/mol. The van der Waals surface area contributed by atoms with Gasteiger partial charge in [-0.3, -0.25) is 29.5 Å². The molecule has 9 nitrogen and oxygen atoms in total. The van der Waals surface area contributed by atoms with E-state index < -0.39 is 40.9 Å². The maximum Gasteiger partial charge on any atom is 0.260 e. The van der Waals surface area contributed by atoms with E-state index in [1.54, 1.807) is 6.07 Å². The molecule has 1 saturated carbocycles. The van der Waals surface area contributed by atoms with Crippen LogP contribution in [0.15, 0.2) is 90.5 Å². The highest BCUT2D eigenvalue weighted by Crippen LogP contribution is 2.64. The van der Waals surface area contributed by atoms with E-state index in [4.69, 9.17) is 4.74 Å². The lowest BCUT2D eigenvalue weighted by molar-refractivity contribution is -0.140. The van der Waals surface area contributed by atoms with Crippen LogP contribution in [0, 0.1) is 30.6 Å². The maximum absolute atomic E-state index is 15.1. The number of allylic oxidation sites excluding steroid dienone is 2. The molecule has 3 fully saturated rings. The quantitative estimate of drug-likeness (QED) is 0.309. The Balaban J connectivity index is 1.47. The van der Waals surface area contributed by atoms with Gasteiger partial charge in [0.25, 0.3) is 11.8 Å². The number of aliphatic hydroxyl groups is 1. The summed E-state index contributed by atoms with van der Waals surface area (Å²) in [5.41, 5.74) is 5.63. The Bertz CT molecular complexity index is 1720. The molecule has 2 N–H and O–H groups in total. The predicted molar refractivity (Wildman–Crippen MR) is 166 cm³/mol. The highest BCUT2D eigenvalue weighted by molar-refractivity contribution is 6.13. The van der Waals surface area contributed by atoms with Gasteiger partial charge in [0.05, 0.1) is 35.5 Å². The lowest BCUT2D eigenvalue weighted by atomic mass is 9.49. The van der Waals surface area contributed by atoms with E-state index >= 15 is 4.79 Å². The number of aliphatic hydroxyl groups excluding tert-OH is 1. The minimum Gasteiger partial charge on any atom is -0.491 e. The van der Waals surface area contributed by atoms with Crippen LogP contribution in [-0.4, -0.2) is 58.9 Å². The number of nitrogens with one attached hydrogen (secondary N) is 1. The van der Waals surface area contributed by atoms with Crippen molar-refractivity contribution in [2.75, 3.05) is 25.7 Å². The number of anilines is 1. The molecule has 6 unspecified atom stereocenters. The number of hydrazine groups is 1. The Morgan fingerprint density at radius 2 is 1.60 bits per heavy atom. The van der Waals surface area contributed by atoms with Gasteiger partial charge in [-0.2, -0.15) is 5.01 Å². The minimum atomic E-state index is -1.37. The number of ether oxygens (including phenoxy) is 1. The molecular formula is C36H35N3O6. The summed E-state index contributed by atoms with van der Waals surface area (Å²) >= 11 is 0. The van der Waals surface area contributed by atoms with Crippen molar-refractivity contribution in [2.24, 2.45) is 23.7 Å². The fourth-order valence-corrected chi connectivity index (χ4v) is 8.26. The van der Waals surface area contributed by atoms with Crippen LogP contribution in [0.5, 0.6) is 5.75 Å². The summed E-state index contributed by atoms with van der Waals surface area (Å²) in [5.74, 6) is -3.81. The summed E-state index contributed by atoms with van der Waals surface area (Å²) < 4.78 is 6.05. The number of imide groups is 2. The number of carbonyl (C=O) groups is 4. The van der Waals surface area contributed by atoms with E-state index in [9.17, 15) is 19.5 Å². The summed E-state index contributed by atoms with van der Waals surface area (Å²) in [6, 6.07) is 24.3. The lowest BCUT2D eigenvalue weighted by Crippen LogP contribution is -2.53. The van der Waals surface area contributed by atoms with Crippen LogP contribution < -0.4 is 10.2 Å². The number of aryl methyl sites for hydroxylation is 1. The smallest absolute Gasteiger partial charge is 0.260 e. The van der Waals surface area contributed by atoms with Gasteiger partial charge in [-0.05, 0) is 49.4 Å². The number of hydrogen-bond acceptors (Lipinski definition) is 7. The van der Waals surface area contributed by atoms with Crippen molar-refractivity contribution in [3.63, 3.8) is 0 Å². The van der Waals surface area contributed by atoms with Gasteiger partial charge >= 0.3 is 0 Å². The highest BCUT2D eigenvalue weighted by Gasteiger charge is 2.70. The third kappa shape index (κ3) is 4.24. The van der Waals surface area contributed by atoms with Crippen molar-refractivity contribution in [3.8, 4) is 5.75 Å². The van der Waals surface area contributed by atoms with E-state index in [1.165, 1.54) is 11.9 Å². The van der Waals surface area contributed by atoms with Crippen molar-refractivity contribution in [2.45, 2.75) is 31.1 Å². The second kappa shape index (κ2) is 11.0. The molecule has 3 aromatic carbocycles. The third-order valence-electron chi connectivity index (χ3n) is 10.2. The SMILES string of the molecule is Cc1ccc(NN2C(=O)C3CC4C(=CCC5C(=O)N(C)C(=O)C54)C(c4ccccc4OCCO)C3(c3ccccc3)C2=O)cc1. The van der Waals surface area contributed by atoms with Gasteiger partial charge in [-0.25, -0.2) is 0 Å². The number of fused-ring (bicyclic) bond motifs is 4. The van der Waals surface area contributed by atoms with Crippen molar-refractivity contribution < 1.29 is 29.0 Å². The Morgan fingerprint density at radius 3 is 2.33 bits per heavy atom. The molecule has 0 bridgehead atoms. The molecule has 4 amide bonds. The molecule has 4 aliphatic rings. The van der Waals surface area contributed by atoms with Crippen molar-refractivity contribution >= 4 is 29.3 Å². The number of likely N-dealkylation sites (tertiary alicyclic amines) is 1. The van der Waals surface area contributed by atoms with Crippen molar-refractivity contribution in [1.29, 1.82) is 0 Å². The first-order valence-corrected chi connectivity index (χ1v) is 15.4. The lowest BCUT2D eigenvalue weighted by Gasteiger charge is -2.50. The Labute approximate surface area is 261 Å². The number of nitrogens with zero attached hydrogens (tertiary/aromatic N) is 2. The first-order valence-electron chi connectivity index (χ1n) is 15.4. The maximum atomic E-state index is 15.1. The zero-order valence-electron chi connectivity index (χ0n) is 25.2. The number of carbonyl (C=O) groups excluding carboxylic acids is 4. The molecule has 2 heterocycles. The van der Waals surface area contributed by atoms with Gasteiger partial charge in [0.1, 0.15) is 12.4 Å². The summed E-state index contributed by atoms with van der Waals surface area (Å²) in [5, 5.41) is 10.8. The van der Waals surface area contributed by atoms with Crippen LogP contribution in [0.4, 0.5) is 5.69 Å². The molecule has 2 saturated heterocycles. The topological polar surface area (TPSA) is 116 Å². The normalized spacial score (nSPS) is 28.9. The Hall–Kier alpha value is -4.76. The zero-order valence-corrected chi connectivity index (χ0v) is 25.2. The van der Waals surface area contributed by atoms with E-state index in [0.29, 0.717) is 29.0 Å². The fourth-order valence-electron chi connectivity index (χ4n) is 8.26. The standard InChI is InChI=1S/C36H35N3O6/c1-21-12-14-23(15-13-21)37-39-33(42)28-20-27-24(16-17-26-30(27)34(43)38(2)32(26)41)31(25-10-6-7-11-29(25)45-19-18-40)36(28,35(39)44)22-8-4-3-5-9-22/h3-16,26-28,30-31,37,40H,17-20H2,1-2H3. The fraction of sp³-hybridized carbons (Fsp3) is 0.333. The summed E-state index contributed by atoms with van der Waals surface area (Å²) in [6.45, 7) is 1.81. The second-order valence-electron chi connectivity index (χ2n) is 12.4. The Kier molecular flexibility index (Phi) is 7.08. The van der Waals surface area contributed by atoms with Gasteiger partial charge in [0, 0.05) is 18.5 Å². The van der Waals surface area contributed by atoms with Crippen molar-refractivity contribution in [1.82, 2.24) is 9.91 Å². The molecular weight excluding hydrogens is 570 g/mol. The van der Waals surface area contributed by atoms with E-state index in [0.717, 1.165) is 16.1 Å². The van der Waals surface area contributed by atoms with Crippen LogP contribution in [0.3, 0.4) is 0 Å². The number of benzene rings is 3. The molecule has 9 heteroatoms. The number of amides is 4. The van der Waals surface area contributed by atoms with E-state index in [2.05, 4.69) is 5.43 Å². The summed E-state index contributed by atoms with van der Waals surface area (Å²) in [7, 11) is 1.52. The molecule has 45 heavy (non-hydrogen) atoms. The highest BCUT2D eigenvalue weighted by atomic mass is 16.5. The van der Waals surface area contributed by atoms with Crippen molar-refractivity contribution in [3.05, 3.63) is 107 Å². The molecule has 6 atom stereocenters. The first kappa shape index (κ1) is 29.0. The molecule has 7 rings (SSSR count). The monoisotopic (exact) mass is 605 g/mol. The van der Waals surface area contributed by atoms with E-state index in [1.807, 2.05) is 85.8 Å². The zero-order chi connectivity index (χ0) is 31.5. The summed E-state index contributed by atoms with van der Waals surface area (Å²) in [6.07, 6.45) is 2.63. The van der Waals surface area contributed by atoms with Crippen LogP contribution in [0.1, 0.15) is 35.4 Å². The number of hydrogen-bond donors (Lipinski definition) is 2. The molecule has 3 aromatic rings. The Morgan fingerprint density at radius 1 is 0.889 bits per heavy atom. The van der Waals surface area contributed by atoms with Gasteiger partial charge < -0.3 is 9.84 Å². The largest absolute Gasteiger partial charge is 0.491 e. The molecule has 0 aromatic heterocycles. The van der Waals surface area contributed by atoms with Gasteiger partial charge in [0.15, 0.2) is 0 Å². The molecule has 0 spiro atoms. The number of para-hydroxylation sites is 1. The van der Waals surface area contributed by atoms with Crippen LogP contribution in [-0.2, 0) is 24.6 Å². The molecule has 2 aliphatic heterocycles. The minimum absolute atomic E-state index is 0.0461. The molecule has 0 radical (unpaired) electrons. The molecule has 2 aliphatic carbocycles. The van der Waals surface area contributed by atoms with Gasteiger partial charge in [-0.15, -0.1) is 0 Å². The first-order chi connectivity index (χ1) is 21.8. The number of rotatable bonds is 7. The average Bonchev–Trinajstić information content (AvgIpc) is 3.42. The van der Waals surface area contributed by atoms with Crippen LogP contribution in [0.25, 0.3) is 0 Å². The molecule has 230 valence electrons. The predicted octanol–water partition coefficient (Wildman–Crippen LogP) is 3.98. The van der Waals surface area contributed by atoms with E-state index in [-0.39, 0.29) is 37.4 Å². The van der Waals surface area contributed by atoms with Crippen LogP contribution in [0.2, 0.25) is 0 Å². The van der Waals surface area contributed by atoms with Crippen LogP contribution >= 0.6 is 0 Å². The van der Waals surface area contributed by atoms with Gasteiger partial charge in [-0.1, -0.05) is 77.9 Å².